The van der Waals surface area contributed by atoms with Gasteiger partial charge in [0, 0.05) is 11.1 Å². The third kappa shape index (κ3) is 4.13. The van der Waals surface area contributed by atoms with E-state index in [1.807, 2.05) is 0 Å². The summed E-state index contributed by atoms with van der Waals surface area (Å²) in [5, 5.41) is 0.445. The molecule has 0 heterocycles. The van der Waals surface area contributed by atoms with Crippen molar-refractivity contribution in [3.8, 4) is 5.75 Å². The zero-order valence-electron chi connectivity index (χ0n) is 15.4. The molecule has 0 unspecified atom stereocenters. The molecule has 0 fully saturated rings. The number of methoxy groups -OCH3 is 1. The minimum absolute atomic E-state index is 0.00926. The summed E-state index contributed by atoms with van der Waals surface area (Å²) in [5.41, 5.74) is 1.39. The molecule has 3 rings (SSSR count). The molecule has 28 heavy (non-hydrogen) atoms. The van der Waals surface area contributed by atoms with Crippen molar-refractivity contribution in [2.45, 2.75) is 18.4 Å². The van der Waals surface area contributed by atoms with Crippen LogP contribution in [-0.2, 0) is 16.6 Å². The maximum atomic E-state index is 14.1. The fourth-order valence-electron chi connectivity index (χ4n) is 2.72. The van der Waals surface area contributed by atoms with Crippen LogP contribution in [0.5, 0.6) is 5.75 Å². The summed E-state index contributed by atoms with van der Waals surface area (Å²) in [5.74, 6) is -0.0728. The summed E-state index contributed by atoms with van der Waals surface area (Å²) in [7, 11) is -2.55. The molecule has 4 nitrogen and oxygen atoms in total. The number of hydrogen-bond donors (Lipinski definition) is 0. The van der Waals surface area contributed by atoms with Crippen LogP contribution in [0.3, 0.4) is 0 Å². The van der Waals surface area contributed by atoms with Crippen molar-refractivity contribution in [3.63, 3.8) is 0 Å². The fourth-order valence-corrected chi connectivity index (χ4v) is 4.37. The van der Waals surface area contributed by atoms with Gasteiger partial charge in [0.15, 0.2) is 0 Å². The molecular weight excluding hydrogens is 401 g/mol. The average molecular weight is 420 g/mol. The molecule has 0 N–H and O–H groups in total. The fraction of sp³-hybridized carbons (Fsp3) is 0.143. The zero-order chi connectivity index (χ0) is 20.3. The second kappa shape index (κ2) is 8.20. The van der Waals surface area contributed by atoms with E-state index in [4.69, 9.17) is 16.3 Å². The van der Waals surface area contributed by atoms with Gasteiger partial charge in [-0.25, -0.2) is 12.8 Å². The topological polar surface area (TPSA) is 46.6 Å². The summed E-state index contributed by atoms with van der Waals surface area (Å²) in [6.45, 7) is 1.57. The maximum Gasteiger partial charge on any atom is 0.264 e. The number of hydrogen-bond acceptors (Lipinski definition) is 3. The van der Waals surface area contributed by atoms with Crippen LogP contribution in [0.1, 0.15) is 11.1 Å². The maximum absolute atomic E-state index is 14.1. The third-order valence-electron chi connectivity index (χ3n) is 4.34. The molecule has 3 aromatic carbocycles. The van der Waals surface area contributed by atoms with Crippen LogP contribution in [-0.4, -0.2) is 15.5 Å². The third-order valence-corrected chi connectivity index (χ3v) is 6.48. The highest BCUT2D eigenvalue weighted by Crippen LogP contribution is 2.30. The Labute approximate surface area is 169 Å². The Balaban J connectivity index is 2.14. The van der Waals surface area contributed by atoms with Crippen molar-refractivity contribution >= 4 is 27.3 Å². The standard InChI is InChI=1S/C21H19ClFNO3S/c1-15-10-11-19(13-21(15)23)28(25,26)24(14-16-6-3-4-9-20(16)22)17-7-5-8-18(12-17)27-2/h3-13H,14H2,1-2H3. The van der Waals surface area contributed by atoms with Gasteiger partial charge >= 0.3 is 0 Å². The Kier molecular flexibility index (Phi) is 5.91. The van der Waals surface area contributed by atoms with Crippen LogP contribution in [0.4, 0.5) is 10.1 Å². The van der Waals surface area contributed by atoms with E-state index in [0.717, 1.165) is 6.07 Å². The summed E-state index contributed by atoms with van der Waals surface area (Å²) in [4.78, 5) is -0.134. The van der Waals surface area contributed by atoms with E-state index in [1.54, 1.807) is 55.5 Å². The first kappa shape index (κ1) is 20.2. The molecular formula is C21H19ClFNO3S. The van der Waals surface area contributed by atoms with Crippen LogP contribution in [0.2, 0.25) is 5.02 Å². The molecule has 146 valence electrons. The molecule has 0 aliphatic heterocycles. The van der Waals surface area contributed by atoms with Gasteiger partial charge in [-0.05, 0) is 48.4 Å². The highest BCUT2D eigenvalue weighted by Gasteiger charge is 2.27. The van der Waals surface area contributed by atoms with E-state index in [9.17, 15) is 12.8 Å². The van der Waals surface area contributed by atoms with Crippen LogP contribution >= 0.6 is 11.6 Å². The van der Waals surface area contributed by atoms with E-state index < -0.39 is 15.8 Å². The number of aryl methyl sites for hydroxylation is 1. The number of ether oxygens (including phenoxy) is 1. The van der Waals surface area contributed by atoms with E-state index in [0.29, 0.717) is 27.6 Å². The Morgan fingerprint density at radius 2 is 1.79 bits per heavy atom. The quantitative estimate of drug-likeness (QED) is 0.552. The van der Waals surface area contributed by atoms with Crippen molar-refractivity contribution < 1.29 is 17.5 Å². The van der Waals surface area contributed by atoms with Gasteiger partial charge in [-0.15, -0.1) is 0 Å². The van der Waals surface area contributed by atoms with Crippen LogP contribution < -0.4 is 9.04 Å². The van der Waals surface area contributed by atoms with Gasteiger partial charge in [-0.1, -0.05) is 41.9 Å². The SMILES string of the molecule is COc1cccc(N(Cc2ccccc2Cl)S(=O)(=O)c2ccc(C)c(F)c2)c1. The first-order valence-electron chi connectivity index (χ1n) is 8.49. The number of nitrogens with zero attached hydrogens (tertiary/aromatic N) is 1. The van der Waals surface area contributed by atoms with Gasteiger partial charge in [0.05, 0.1) is 24.2 Å². The molecule has 3 aromatic rings. The van der Waals surface area contributed by atoms with Gasteiger partial charge in [0.2, 0.25) is 0 Å². The number of sulfonamides is 1. The lowest BCUT2D eigenvalue weighted by Crippen LogP contribution is -2.30. The second-order valence-electron chi connectivity index (χ2n) is 6.22. The molecule has 0 bridgehead atoms. The summed E-state index contributed by atoms with van der Waals surface area (Å²) < 4.78 is 47.3. The predicted octanol–water partition coefficient (Wildman–Crippen LogP) is 5.19. The Morgan fingerprint density at radius 3 is 2.46 bits per heavy atom. The Hall–Kier alpha value is -2.57. The minimum Gasteiger partial charge on any atom is -0.497 e. The van der Waals surface area contributed by atoms with Crippen molar-refractivity contribution in [3.05, 3.63) is 88.7 Å². The predicted molar refractivity (Wildman–Crippen MR) is 109 cm³/mol. The zero-order valence-corrected chi connectivity index (χ0v) is 17.0. The lowest BCUT2D eigenvalue weighted by molar-refractivity contribution is 0.415. The van der Waals surface area contributed by atoms with Crippen LogP contribution in [0.15, 0.2) is 71.6 Å². The smallest absolute Gasteiger partial charge is 0.264 e. The highest BCUT2D eigenvalue weighted by atomic mass is 35.5. The first-order valence-corrected chi connectivity index (χ1v) is 10.3. The molecule has 0 spiro atoms. The number of benzene rings is 3. The summed E-state index contributed by atoms with van der Waals surface area (Å²) in [6.07, 6.45) is 0. The van der Waals surface area contributed by atoms with Gasteiger partial charge in [-0.3, -0.25) is 4.31 Å². The monoisotopic (exact) mass is 419 g/mol. The molecule has 0 aromatic heterocycles. The van der Waals surface area contributed by atoms with Gasteiger partial charge < -0.3 is 4.74 Å². The molecule has 0 amide bonds. The number of halogens is 2. The number of anilines is 1. The van der Waals surface area contributed by atoms with E-state index in [1.165, 1.54) is 23.5 Å². The highest BCUT2D eigenvalue weighted by molar-refractivity contribution is 7.92. The first-order chi connectivity index (χ1) is 13.3. The molecule has 7 heteroatoms. The Morgan fingerprint density at radius 1 is 1.04 bits per heavy atom. The van der Waals surface area contributed by atoms with Crippen molar-refractivity contribution in [1.82, 2.24) is 0 Å². The molecule has 0 aliphatic rings. The lowest BCUT2D eigenvalue weighted by Gasteiger charge is -2.25. The molecule has 0 radical (unpaired) electrons. The van der Waals surface area contributed by atoms with E-state index >= 15 is 0 Å². The second-order valence-corrected chi connectivity index (χ2v) is 8.49. The van der Waals surface area contributed by atoms with Crippen molar-refractivity contribution in [1.29, 1.82) is 0 Å². The average Bonchev–Trinajstić information content (AvgIpc) is 2.69. The number of rotatable bonds is 6. The molecule has 0 atom stereocenters. The van der Waals surface area contributed by atoms with Crippen LogP contribution in [0, 0.1) is 12.7 Å². The largest absolute Gasteiger partial charge is 0.497 e. The van der Waals surface area contributed by atoms with E-state index in [-0.39, 0.29) is 11.4 Å². The van der Waals surface area contributed by atoms with Gasteiger partial charge in [0.1, 0.15) is 11.6 Å². The van der Waals surface area contributed by atoms with E-state index in [2.05, 4.69) is 0 Å². The molecule has 0 aliphatic carbocycles. The van der Waals surface area contributed by atoms with Crippen LogP contribution in [0.25, 0.3) is 0 Å². The normalized spacial score (nSPS) is 11.3. The molecule has 0 saturated carbocycles. The van der Waals surface area contributed by atoms with Crippen molar-refractivity contribution in [2.75, 3.05) is 11.4 Å². The van der Waals surface area contributed by atoms with Crippen molar-refractivity contribution in [2.24, 2.45) is 0 Å². The van der Waals surface area contributed by atoms with Gasteiger partial charge in [-0.2, -0.15) is 0 Å². The summed E-state index contributed by atoms with van der Waals surface area (Å²) >= 11 is 6.25. The summed E-state index contributed by atoms with van der Waals surface area (Å²) in [6, 6.07) is 17.5. The van der Waals surface area contributed by atoms with Gasteiger partial charge in [0.25, 0.3) is 10.0 Å². The Bertz CT molecular complexity index is 1100. The molecule has 0 saturated heterocycles. The minimum atomic E-state index is -4.05. The lowest BCUT2D eigenvalue weighted by atomic mass is 10.2.